The summed E-state index contributed by atoms with van der Waals surface area (Å²) in [5, 5.41) is 1.11. The van der Waals surface area contributed by atoms with Gasteiger partial charge in [-0.25, -0.2) is 8.78 Å². The molecule has 0 bridgehead atoms. The second-order valence-electron chi connectivity index (χ2n) is 22.9. The van der Waals surface area contributed by atoms with Crippen LogP contribution in [0.25, 0.3) is 23.1 Å². The van der Waals surface area contributed by atoms with Gasteiger partial charge in [0.25, 0.3) is 5.91 Å². The first-order chi connectivity index (χ1) is 40.8. The third-order valence-electron chi connectivity index (χ3n) is 18.2. The molecule has 6 aliphatic heterocycles. The van der Waals surface area contributed by atoms with E-state index in [1.165, 1.54) is 47.0 Å². The summed E-state index contributed by atoms with van der Waals surface area (Å²) in [6.07, 6.45) is 11.1. The van der Waals surface area contributed by atoms with Crippen molar-refractivity contribution in [1.29, 1.82) is 0 Å². The predicted octanol–water partition coefficient (Wildman–Crippen LogP) is 9.71. The van der Waals surface area contributed by atoms with E-state index >= 15 is 0 Å². The van der Waals surface area contributed by atoms with Gasteiger partial charge in [-0.1, -0.05) is 78.9 Å². The van der Waals surface area contributed by atoms with Gasteiger partial charge in [-0.3, -0.25) is 14.4 Å². The number of carbonyl (C=O) groups excluding carboxylic acids is 3. The number of benzene rings is 6. The Kier molecular flexibility index (Phi) is 16.8. The lowest BCUT2D eigenvalue weighted by Crippen LogP contribution is -2.46. The number of piperidine rings is 3. The van der Waals surface area contributed by atoms with E-state index in [0.717, 1.165) is 127 Å². The summed E-state index contributed by atoms with van der Waals surface area (Å²) in [4.78, 5) is 44.0. The first kappa shape index (κ1) is 57.5. The Balaban J connectivity index is 0.000000131. The zero-order chi connectivity index (χ0) is 58.6. The molecule has 7 heterocycles. The number of aromatic nitrogens is 1. The van der Waals surface area contributed by atoms with Crippen LogP contribution in [-0.4, -0.2) is 103 Å². The predicted molar refractivity (Wildman–Crippen MR) is 322 cm³/mol. The Labute approximate surface area is 489 Å². The molecule has 0 atom stereocenters. The van der Waals surface area contributed by atoms with E-state index in [-0.39, 0.29) is 39.5 Å². The Morgan fingerprint density at radius 2 is 0.964 bits per heavy atom. The lowest BCUT2D eigenvalue weighted by atomic mass is 9.74. The fourth-order valence-electron chi connectivity index (χ4n) is 13.0. The van der Waals surface area contributed by atoms with Crippen molar-refractivity contribution in [1.82, 2.24) is 19.3 Å². The van der Waals surface area contributed by atoms with Gasteiger partial charge in [0, 0.05) is 133 Å². The Bertz CT molecular complexity index is 3630. The highest BCUT2D eigenvalue weighted by atomic mass is 19.1. The van der Waals surface area contributed by atoms with Crippen molar-refractivity contribution >= 4 is 40.8 Å². The Morgan fingerprint density at radius 3 is 1.42 bits per heavy atom. The largest absolute Gasteiger partial charge is 0.496 e. The summed E-state index contributed by atoms with van der Waals surface area (Å²) in [5.74, 6) is 2.14. The zero-order valence-electron chi connectivity index (χ0n) is 47.8. The van der Waals surface area contributed by atoms with Crippen molar-refractivity contribution in [2.45, 2.75) is 74.4 Å². The van der Waals surface area contributed by atoms with Gasteiger partial charge >= 0.3 is 0 Å². The molecule has 436 valence electrons. The average molecular weight is 1140 g/mol. The quantitative estimate of drug-likeness (QED) is 0.118. The van der Waals surface area contributed by atoms with Crippen molar-refractivity contribution < 1.29 is 42.1 Å². The number of para-hydroxylation sites is 2. The summed E-state index contributed by atoms with van der Waals surface area (Å²) in [6.45, 7) is 7.62. The van der Waals surface area contributed by atoms with Crippen LogP contribution in [0.15, 0.2) is 140 Å². The fraction of sp³-hybridized carbons (Fsp3) is 0.338. The topological polar surface area (TPSA) is 181 Å². The molecule has 16 heteroatoms. The van der Waals surface area contributed by atoms with E-state index in [4.69, 9.17) is 36.1 Å². The van der Waals surface area contributed by atoms with Gasteiger partial charge in [-0.2, -0.15) is 0 Å². The third-order valence-corrected chi connectivity index (χ3v) is 18.2. The van der Waals surface area contributed by atoms with Crippen molar-refractivity contribution in [2.75, 3.05) is 66.2 Å². The molecule has 0 aliphatic carbocycles. The summed E-state index contributed by atoms with van der Waals surface area (Å²) in [7, 11) is 3.60. The first-order valence-corrected chi connectivity index (χ1v) is 29.0. The molecule has 14 nitrogen and oxygen atoms in total. The molecule has 3 spiro atoms. The van der Waals surface area contributed by atoms with Gasteiger partial charge in [-0.05, 0) is 116 Å². The number of carbonyl (C=O) groups is 3. The minimum atomic E-state index is -0.683. The standard InChI is InChI=1S/C23H25N3O2.C23H26N2O3.C22H22F2N2O2/c1-25-19-5-3-2-4-17(19)13-20(25)22(27)26-10-8-23(9-11-26)15-28-21-7-6-16(14-24)12-18(21)23;1-27-20-5-3-2-4-18(20)7-9-22(26)25-12-10-23(11-13-25)16-28-21-8-6-17(15-24)14-19(21)23;23-18-2-1-3-19(24)16(18)5-7-21(27)26-10-8-22(9-11-26)14-28-20-6-4-15(13-25)12-17(20)22/h2-7,12-13H,8-11,14-15,24H2,1H3;2-9,14H,10-13,15-16,24H2,1H3;1-7,12H,8-11,13-14,25H2/b;9-7+;7-5+. The molecule has 0 unspecified atom stereocenters. The highest BCUT2D eigenvalue weighted by Gasteiger charge is 2.46. The van der Waals surface area contributed by atoms with Crippen molar-refractivity contribution in [3.05, 3.63) is 201 Å². The second kappa shape index (κ2) is 24.5. The van der Waals surface area contributed by atoms with Crippen LogP contribution in [0.2, 0.25) is 0 Å². The molecular formula is C68H73F2N7O7. The minimum absolute atomic E-state index is 0.00363. The van der Waals surface area contributed by atoms with Crippen LogP contribution in [0.4, 0.5) is 8.78 Å². The summed E-state index contributed by atoms with van der Waals surface area (Å²) < 4.78 is 52.6. The number of rotatable bonds is 9. The van der Waals surface area contributed by atoms with Crippen LogP contribution in [0.3, 0.4) is 0 Å². The Hall–Kier alpha value is -8.31. The molecule has 6 aromatic carbocycles. The van der Waals surface area contributed by atoms with Gasteiger partial charge in [0.15, 0.2) is 0 Å². The normalized spacial score (nSPS) is 17.7. The molecule has 3 amide bonds. The molecule has 7 aromatic rings. The maximum Gasteiger partial charge on any atom is 0.270 e. The molecule has 1 aromatic heterocycles. The van der Waals surface area contributed by atoms with Gasteiger partial charge in [0.1, 0.15) is 40.3 Å². The van der Waals surface area contributed by atoms with E-state index < -0.39 is 11.6 Å². The highest BCUT2D eigenvalue weighted by molar-refractivity contribution is 5.99. The van der Waals surface area contributed by atoms with Gasteiger partial charge in [0.05, 0.1) is 26.9 Å². The number of nitrogens with zero attached hydrogens (tertiary/aromatic N) is 4. The number of halogens is 2. The van der Waals surface area contributed by atoms with Crippen LogP contribution >= 0.6 is 0 Å². The molecule has 0 radical (unpaired) electrons. The SMILES string of the molecule is COc1ccccc1/C=C/C(=O)N1CCC2(CC1)COc1ccc(CN)cc12.Cn1c(C(=O)N2CCC3(CC2)COc2ccc(CN)cc23)cc2ccccc21.NCc1ccc2c(c1)C1(CCN(C(=O)/C=C/c3c(F)cccc3F)CC1)CO2. The molecule has 3 fully saturated rings. The van der Waals surface area contributed by atoms with Crippen molar-refractivity contribution in [2.24, 2.45) is 24.2 Å². The number of fused-ring (bicyclic) bond motifs is 7. The monoisotopic (exact) mass is 1140 g/mol. The van der Waals surface area contributed by atoms with E-state index in [2.05, 4.69) is 30.3 Å². The molecule has 84 heavy (non-hydrogen) atoms. The van der Waals surface area contributed by atoms with E-state index in [1.807, 2.05) is 106 Å². The summed E-state index contributed by atoms with van der Waals surface area (Å²) in [6, 6.07) is 40.0. The second-order valence-corrected chi connectivity index (χ2v) is 22.9. The van der Waals surface area contributed by atoms with E-state index in [1.54, 1.807) is 18.1 Å². The van der Waals surface area contributed by atoms with Crippen molar-refractivity contribution in [3.63, 3.8) is 0 Å². The molecule has 0 saturated carbocycles. The third kappa shape index (κ3) is 11.4. The number of hydrogen-bond donors (Lipinski definition) is 3. The number of methoxy groups -OCH3 is 1. The van der Waals surface area contributed by atoms with Gasteiger partial charge in [-0.15, -0.1) is 0 Å². The summed E-state index contributed by atoms with van der Waals surface area (Å²) >= 11 is 0. The number of nitrogens with two attached hydrogens (primary N) is 3. The lowest BCUT2D eigenvalue weighted by molar-refractivity contribution is -0.128. The van der Waals surface area contributed by atoms with Crippen LogP contribution in [0.1, 0.15) is 93.5 Å². The average Bonchev–Trinajstić information content (AvgIpc) is 2.37. The number of hydrogen-bond acceptors (Lipinski definition) is 10. The van der Waals surface area contributed by atoms with Gasteiger partial charge < -0.3 is 55.4 Å². The molecular weight excluding hydrogens is 1060 g/mol. The number of amides is 3. The fourth-order valence-corrected chi connectivity index (χ4v) is 13.0. The summed E-state index contributed by atoms with van der Waals surface area (Å²) in [5.41, 5.74) is 26.9. The maximum atomic E-state index is 13.7. The van der Waals surface area contributed by atoms with E-state index in [0.29, 0.717) is 52.5 Å². The molecule has 6 N–H and O–H groups in total. The molecule has 3 saturated heterocycles. The Morgan fingerprint density at radius 1 is 0.536 bits per heavy atom. The first-order valence-electron chi connectivity index (χ1n) is 29.0. The number of ether oxygens (including phenoxy) is 4. The highest BCUT2D eigenvalue weighted by Crippen LogP contribution is 2.49. The van der Waals surface area contributed by atoms with Crippen LogP contribution in [0.5, 0.6) is 23.0 Å². The molecule has 13 rings (SSSR count). The van der Waals surface area contributed by atoms with Crippen molar-refractivity contribution in [3.8, 4) is 23.0 Å². The molecule has 6 aliphatic rings. The van der Waals surface area contributed by atoms with Gasteiger partial charge in [0.2, 0.25) is 11.8 Å². The number of likely N-dealkylation sites (tertiary alicyclic amines) is 3. The smallest absolute Gasteiger partial charge is 0.270 e. The maximum absolute atomic E-state index is 13.7. The lowest BCUT2D eigenvalue weighted by Gasteiger charge is -2.38. The van der Waals surface area contributed by atoms with Crippen LogP contribution in [-0.2, 0) is 52.5 Å². The zero-order valence-corrected chi connectivity index (χ0v) is 47.8. The number of aryl methyl sites for hydroxylation is 1. The van der Waals surface area contributed by atoms with E-state index in [9.17, 15) is 23.2 Å². The van der Waals surface area contributed by atoms with Crippen LogP contribution in [0, 0.1) is 11.6 Å². The van der Waals surface area contributed by atoms with Crippen LogP contribution < -0.4 is 36.1 Å². The minimum Gasteiger partial charge on any atom is -0.496 e.